The third-order valence-corrected chi connectivity index (χ3v) is 6.05. The van der Waals surface area contributed by atoms with E-state index < -0.39 is 0 Å². The minimum atomic E-state index is -0.0849. The molecule has 7 heteroatoms. The number of benzene rings is 3. The van der Waals surface area contributed by atoms with Gasteiger partial charge in [0.05, 0.1) is 29.9 Å². The highest BCUT2D eigenvalue weighted by Gasteiger charge is 2.33. The number of para-hydroxylation sites is 1. The number of fused-ring (bicyclic) bond motifs is 1. The van der Waals surface area contributed by atoms with Crippen LogP contribution in [0.15, 0.2) is 90.3 Å². The van der Waals surface area contributed by atoms with Crippen molar-refractivity contribution in [1.82, 2.24) is 20.3 Å². The number of nitrogens with one attached hydrogen (secondary N) is 1. The van der Waals surface area contributed by atoms with Crippen molar-refractivity contribution in [1.29, 1.82) is 0 Å². The van der Waals surface area contributed by atoms with Gasteiger partial charge in [0.2, 0.25) is 0 Å². The zero-order valence-electron chi connectivity index (χ0n) is 18.2. The van der Waals surface area contributed by atoms with Gasteiger partial charge in [-0.3, -0.25) is 9.97 Å². The lowest BCUT2D eigenvalue weighted by molar-refractivity contribution is 0.365. The molecule has 5 rings (SSSR count). The Hall–Kier alpha value is -3.84. The second-order valence-corrected chi connectivity index (χ2v) is 8.14. The van der Waals surface area contributed by atoms with Crippen LogP contribution in [0.4, 0.5) is 0 Å². The maximum Gasteiger partial charge on any atom is 0.190 e. The van der Waals surface area contributed by atoms with Gasteiger partial charge in [0, 0.05) is 30.9 Å². The molecule has 6 nitrogen and oxygen atoms in total. The molecular weight excluding hydrogens is 430 g/mol. The topological polar surface area (TPSA) is 62.6 Å². The summed E-state index contributed by atoms with van der Waals surface area (Å²) in [5.74, 6) is 0.815. The van der Waals surface area contributed by atoms with Gasteiger partial charge < -0.3 is 10.1 Å². The first-order chi connectivity index (χ1) is 16.2. The van der Waals surface area contributed by atoms with Crippen LogP contribution in [0.2, 0.25) is 0 Å². The molecule has 0 amide bonds. The predicted octanol–water partition coefficient (Wildman–Crippen LogP) is 4.86. The Morgan fingerprint density at radius 3 is 2.58 bits per heavy atom. The van der Waals surface area contributed by atoms with Crippen molar-refractivity contribution in [2.75, 3.05) is 7.11 Å². The number of hydrogen-bond donors (Lipinski definition) is 1. The third kappa shape index (κ3) is 4.40. The Kier molecular flexibility index (Phi) is 5.95. The molecule has 3 aromatic carbocycles. The molecule has 0 bridgehead atoms. The molecule has 0 fully saturated rings. The van der Waals surface area contributed by atoms with Gasteiger partial charge in [-0.15, -0.1) is 0 Å². The first-order valence-electron chi connectivity index (χ1n) is 10.8. The van der Waals surface area contributed by atoms with Gasteiger partial charge in [-0.05, 0) is 53.7 Å². The monoisotopic (exact) mass is 453 g/mol. The summed E-state index contributed by atoms with van der Waals surface area (Å²) in [4.78, 5) is 9.09. The Bertz CT molecular complexity index is 1300. The second kappa shape index (κ2) is 9.34. The van der Waals surface area contributed by atoms with E-state index in [9.17, 15) is 0 Å². The summed E-state index contributed by atoms with van der Waals surface area (Å²) in [5.41, 5.74) is 5.94. The van der Waals surface area contributed by atoms with Crippen LogP contribution in [-0.2, 0) is 6.54 Å². The molecule has 0 saturated heterocycles. The van der Waals surface area contributed by atoms with Crippen LogP contribution in [0, 0.1) is 0 Å². The molecule has 1 atom stereocenters. The smallest absolute Gasteiger partial charge is 0.190 e. The summed E-state index contributed by atoms with van der Waals surface area (Å²) in [5, 5.41) is 10.8. The number of thiocarbonyl (C=S) groups is 1. The first-order valence-corrected chi connectivity index (χ1v) is 11.2. The maximum absolute atomic E-state index is 5.81. The van der Waals surface area contributed by atoms with Gasteiger partial charge in [0.15, 0.2) is 5.11 Å². The molecular formula is C26H23N5OS. The summed E-state index contributed by atoms with van der Waals surface area (Å²) in [6.07, 6.45) is 4.14. The fourth-order valence-corrected chi connectivity index (χ4v) is 4.28. The highest BCUT2D eigenvalue weighted by atomic mass is 32.1. The molecule has 1 aliphatic rings. The number of ether oxygens (including phenoxy) is 1. The second-order valence-electron chi connectivity index (χ2n) is 7.76. The van der Waals surface area contributed by atoms with E-state index in [1.165, 1.54) is 0 Å². The number of methoxy groups -OCH3 is 1. The largest absolute Gasteiger partial charge is 0.497 e. The summed E-state index contributed by atoms with van der Waals surface area (Å²) in [7, 11) is 1.66. The lowest BCUT2D eigenvalue weighted by Gasteiger charge is -2.25. The van der Waals surface area contributed by atoms with E-state index >= 15 is 0 Å². The van der Waals surface area contributed by atoms with E-state index in [1.54, 1.807) is 19.5 Å². The average Bonchev–Trinajstić information content (AvgIpc) is 3.33. The molecule has 1 N–H and O–H groups in total. The third-order valence-electron chi connectivity index (χ3n) is 5.72. The molecule has 1 aliphatic heterocycles. The van der Waals surface area contributed by atoms with Crippen molar-refractivity contribution in [3.8, 4) is 5.75 Å². The van der Waals surface area contributed by atoms with Gasteiger partial charge in [-0.2, -0.15) is 5.10 Å². The Morgan fingerprint density at radius 1 is 1.00 bits per heavy atom. The molecule has 0 radical (unpaired) electrons. The summed E-state index contributed by atoms with van der Waals surface area (Å²) < 4.78 is 5.31. The first kappa shape index (κ1) is 21.0. The molecule has 164 valence electrons. The number of nitrogens with zero attached hydrogens (tertiary/aromatic N) is 4. The highest BCUT2D eigenvalue weighted by molar-refractivity contribution is 7.80. The van der Waals surface area contributed by atoms with Gasteiger partial charge in [-0.25, -0.2) is 5.01 Å². The SMILES string of the molecule is COc1ccc(C2=NN(C(=S)NCc3ccccc3)C(c3cccc4nccnc34)C2)cc1. The standard InChI is InChI=1S/C26H23N5OS/c1-32-20-12-10-19(11-13-20)23-16-24(21-8-5-9-22-25(21)28-15-14-27-22)31(30-23)26(33)29-17-18-6-3-2-4-7-18/h2-15,24H,16-17H2,1H3,(H,29,33). The normalized spacial score (nSPS) is 15.4. The van der Waals surface area contributed by atoms with Crippen LogP contribution >= 0.6 is 12.2 Å². The molecule has 33 heavy (non-hydrogen) atoms. The minimum absolute atomic E-state index is 0.0849. The number of rotatable bonds is 5. The molecule has 0 spiro atoms. The van der Waals surface area contributed by atoms with E-state index in [4.69, 9.17) is 22.1 Å². The fourth-order valence-electron chi connectivity index (χ4n) is 4.04. The molecule has 1 aromatic heterocycles. The molecule has 4 aromatic rings. The van der Waals surface area contributed by atoms with E-state index in [2.05, 4.69) is 33.5 Å². The predicted molar refractivity (Wildman–Crippen MR) is 134 cm³/mol. The van der Waals surface area contributed by atoms with Crippen molar-refractivity contribution in [2.24, 2.45) is 5.10 Å². The Morgan fingerprint density at radius 2 is 1.79 bits per heavy atom. The van der Waals surface area contributed by atoms with Crippen LogP contribution in [-0.4, -0.2) is 32.9 Å². The molecule has 2 heterocycles. The van der Waals surface area contributed by atoms with Crippen LogP contribution in [0.3, 0.4) is 0 Å². The maximum atomic E-state index is 5.81. The van der Waals surface area contributed by atoms with Crippen molar-refractivity contribution in [2.45, 2.75) is 19.0 Å². The molecule has 0 saturated carbocycles. The minimum Gasteiger partial charge on any atom is -0.497 e. The Balaban J connectivity index is 1.48. The molecule has 1 unspecified atom stereocenters. The van der Waals surface area contributed by atoms with Gasteiger partial charge >= 0.3 is 0 Å². The van der Waals surface area contributed by atoms with Gasteiger partial charge in [0.25, 0.3) is 0 Å². The Labute approximate surface area is 197 Å². The van der Waals surface area contributed by atoms with Crippen LogP contribution in [0.25, 0.3) is 11.0 Å². The quantitative estimate of drug-likeness (QED) is 0.435. The summed E-state index contributed by atoms with van der Waals surface area (Å²) in [6, 6.07) is 24.1. The summed E-state index contributed by atoms with van der Waals surface area (Å²) in [6.45, 7) is 0.631. The zero-order chi connectivity index (χ0) is 22.6. The lowest BCUT2D eigenvalue weighted by Crippen LogP contribution is -2.36. The lowest BCUT2D eigenvalue weighted by atomic mass is 9.97. The molecule has 0 aliphatic carbocycles. The van der Waals surface area contributed by atoms with Crippen LogP contribution in [0.5, 0.6) is 5.75 Å². The van der Waals surface area contributed by atoms with E-state index in [0.29, 0.717) is 18.1 Å². The number of hydrogen-bond acceptors (Lipinski definition) is 5. The van der Waals surface area contributed by atoms with Gasteiger partial charge in [0.1, 0.15) is 5.75 Å². The van der Waals surface area contributed by atoms with Crippen molar-refractivity contribution in [3.63, 3.8) is 0 Å². The average molecular weight is 454 g/mol. The summed E-state index contributed by atoms with van der Waals surface area (Å²) >= 11 is 5.81. The van der Waals surface area contributed by atoms with E-state index in [-0.39, 0.29) is 6.04 Å². The van der Waals surface area contributed by atoms with Crippen LogP contribution < -0.4 is 10.1 Å². The fraction of sp³-hybridized carbons (Fsp3) is 0.154. The van der Waals surface area contributed by atoms with E-state index in [0.717, 1.165) is 39.2 Å². The van der Waals surface area contributed by atoms with E-state index in [1.807, 2.05) is 59.6 Å². The van der Waals surface area contributed by atoms with Gasteiger partial charge in [-0.1, -0.05) is 42.5 Å². The van der Waals surface area contributed by atoms with Crippen molar-refractivity contribution in [3.05, 3.63) is 102 Å². The highest BCUT2D eigenvalue weighted by Crippen LogP contribution is 2.35. The van der Waals surface area contributed by atoms with Crippen molar-refractivity contribution >= 4 is 34.1 Å². The van der Waals surface area contributed by atoms with Crippen molar-refractivity contribution < 1.29 is 4.74 Å². The zero-order valence-corrected chi connectivity index (χ0v) is 19.0. The van der Waals surface area contributed by atoms with Crippen LogP contribution in [0.1, 0.15) is 29.2 Å². The number of hydrazone groups is 1. The number of aromatic nitrogens is 2.